The Kier molecular flexibility index (Phi) is 6.74. The van der Waals surface area contributed by atoms with E-state index in [0.29, 0.717) is 0 Å². The van der Waals surface area contributed by atoms with E-state index in [1.165, 1.54) is 9.52 Å². The smallest absolute Gasteiger partial charge is 0.160 e. The molecule has 2 nitrogen and oxygen atoms in total. The maximum atomic E-state index is 9.29. The van der Waals surface area contributed by atoms with E-state index in [9.17, 15) is 9.79 Å². The molecule has 0 aromatic heterocycles. The zero-order valence-electron chi connectivity index (χ0n) is 6.80. The molecule has 0 aliphatic heterocycles. The Hall–Kier alpha value is 0.828. The molecule has 1 rings (SSSR count). The van der Waals surface area contributed by atoms with E-state index >= 15 is 0 Å². The molecule has 0 aliphatic carbocycles. The molecule has 0 saturated heterocycles. The Labute approximate surface area is 99.6 Å². The topological polar surface area (TPSA) is 46.1 Å². The van der Waals surface area contributed by atoms with Crippen LogP contribution in [0.3, 0.4) is 0 Å². The maximum absolute atomic E-state index is 9.29. The molecule has 13 heavy (non-hydrogen) atoms. The molecule has 0 saturated carbocycles. The Bertz CT molecular complexity index is 284. The van der Waals surface area contributed by atoms with Gasteiger partial charge >= 0.3 is 60.5 Å². The van der Waals surface area contributed by atoms with Gasteiger partial charge in [0.2, 0.25) is 0 Å². The SMILES string of the molecule is Cc1cccc[c]1[Mo+3].[O-]P([O-])(=S)[S-]. The normalized spacial score (nSPS) is 10.1. The molecule has 0 spiro atoms. The maximum Gasteiger partial charge on any atom is -0.160 e. The summed E-state index contributed by atoms with van der Waals surface area (Å²) in [6.45, 7) is 2.12. The van der Waals surface area contributed by atoms with Gasteiger partial charge in [0.25, 0.3) is 0 Å². The number of rotatable bonds is 0. The minimum atomic E-state index is -3.72. The predicted molar refractivity (Wildman–Crippen MR) is 52.5 cm³/mol. The van der Waals surface area contributed by atoms with Crippen LogP contribution in [0.2, 0.25) is 0 Å². The van der Waals surface area contributed by atoms with Crippen LogP contribution in [-0.4, -0.2) is 0 Å². The molecule has 70 valence electrons. The number of hydrogen-bond donors (Lipinski definition) is 0. The zero-order valence-corrected chi connectivity index (χ0v) is 11.3. The first kappa shape index (κ1) is 13.8. The van der Waals surface area contributed by atoms with Crippen molar-refractivity contribution in [1.82, 2.24) is 0 Å². The van der Waals surface area contributed by atoms with Crippen molar-refractivity contribution in [3.8, 4) is 0 Å². The van der Waals surface area contributed by atoms with E-state index in [-0.39, 0.29) is 0 Å². The van der Waals surface area contributed by atoms with Crippen LogP contribution in [0, 0.1) is 6.92 Å². The van der Waals surface area contributed by atoms with E-state index in [1.807, 2.05) is 0 Å². The van der Waals surface area contributed by atoms with E-state index in [1.54, 1.807) is 0 Å². The van der Waals surface area contributed by atoms with E-state index in [4.69, 9.17) is 0 Å². The van der Waals surface area contributed by atoms with Gasteiger partial charge in [0.15, 0.2) is 0 Å². The molecule has 0 unspecified atom stereocenters. The minimum absolute atomic E-state index is 1.37. The summed E-state index contributed by atoms with van der Waals surface area (Å²) in [5.74, 6) is 0. The average molecular weight is 314 g/mol. The average Bonchev–Trinajstić information content (AvgIpc) is 1.92. The Morgan fingerprint density at radius 3 is 2.00 bits per heavy atom. The molecule has 0 aliphatic rings. The fraction of sp³-hybridized carbons (Fsp3) is 0.143. The monoisotopic (exact) mass is 316 g/mol. The van der Waals surface area contributed by atoms with Crippen molar-refractivity contribution in [1.29, 1.82) is 0 Å². The summed E-state index contributed by atoms with van der Waals surface area (Å²) in [7, 11) is 0. The van der Waals surface area contributed by atoms with Crippen LogP contribution in [0.25, 0.3) is 0 Å². The zero-order chi connectivity index (χ0) is 10.5. The molecule has 0 atom stereocenters. The van der Waals surface area contributed by atoms with Gasteiger partial charge in [-0.2, -0.15) is 11.8 Å². The van der Waals surface area contributed by atoms with Crippen LogP contribution in [0.4, 0.5) is 0 Å². The molecule has 0 fully saturated rings. The van der Waals surface area contributed by atoms with E-state index < -0.39 is 5.69 Å². The summed E-state index contributed by atoms with van der Waals surface area (Å²) in [4.78, 5) is 18.6. The van der Waals surface area contributed by atoms with E-state index in [0.717, 1.165) is 0 Å². The van der Waals surface area contributed by atoms with Crippen LogP contribution >= 0.6 is 5.69 Å². The second-order valence-corrected chi connectivity index (χ2v) is 7.77. The number of aryl methyl sites for hydroxylation is 1. The van der Waals surface area contributed by atoms with Crippen molar-refractivity contribution in [2.75, 3.05) is 0 Å². The van der Waals surface area contributed by atoms with Crippen molar-refractivity contribution < 1.29 is 29.6 Å². The van der Waals surface area contributed by atoms with E-state index in [2.05, 4.69) is 75.1 Å². The van der Waals surface area contributed by atoms with Crippen molar-refractivity contribution in [2.45, 2.75) is 6.92 Å². The third-order valence-electron chi connectivity index (χ3n) is 1.09. The molecule has 0 radical (unpaired) electrons. The van der Waals surface area contributed by atoms with Crippen molar-refractivity contribution in [3.05, 3.63) is 29.8 Å². The molecule has 0 amide bonds. The summed E-state index contributed by atoms with van der Waals surface area (Å²) in [6.07, 6.45) is 0. The predicted octanol–water partition coefficient (Wildman–Crippen LogP) is -0.354. The van der Waals surface area contributed by atoms with Crippen LogP contribution in [0.5, 0.6) is 0 Å². The van der Waals surface area contributed by atoms with Gasteiger partial charge in [0.05, 0.1) is 0 Å². The first-order valence-corrected chi connectivity index (χ1v) is 7.92. The Balaban J connectivity index is 0.000000252. The minimum Gasteiger partial charge on any atom is -0.850 e. The summed E-state index contributed by atoms with van der Waals surface area (Å²) < 4.78 is 1.38. The molecule has 0 N–H and O–H groups in total. The quantitative estimate of drug-likeness (QED) is 0.373. The summed E-state index contributed by atoms with van der Waals surface area (Å²) >= 11 is 9.33. The van der Waals surface area contributed by atoms with Gasteiger partial charge in [-0.05, 0) is 0 Å². The van der Waals surface area contributed by atoms with Crippen LogP contribution in [0.1, 0.15) is 5.56 Å². The number of hydrogen-bond acceptors (Lipinski definition) is 4. The molecular formula is C7H7MoO2PS2. The molecule has 1 aromatic rings. The summed E-state index contributed by atoms with van der Waals surface area (Å²) in [6, 6.07) is 8.37. The van der Waals surface area contributed by atoms with Gasteiger partial charge in [-0.25, -0.2) is 0 Å². The number of benzene rings is 1. The van der Waals surface area contributed by atoms with Crippen molar-refractivity contribution in [3.63, 3.8) is 0 Å². The first-order chi connectivity index (χ1) is 5.80. The molecule has 6 heteroatoms. The molecular weight excluding hydrogens is 307 g/mol. The van der Waals surface area contributed by atoms with Gasteiger partial charge < -0.3 is 27.7 Å². The molecule has 1 aromatic carbocycles. The van der Waals surface area contributed by atoms with Gasteiger partial charge in [-0.3, -0.25) is 0 Å². The van der Waals surface area contributed by atoms with Gasteiger partial charge in [0, 0.05) is 0 Å². The second-order valence-electron chi connectivity index (χ2n) is 2.21. The third-order valence-corrected chi connectivity index (χ3v) is 2.22. The second kappa shape index (κ2) is 6.34. The van der Waals surface area contributed by atoms with Gasteiger partial charge in [-0.1, -0.05) is 0 Å². The molecule has 0 heterocycles. The summed E-state index contributed by atoms with van der Waals surface area (Å²) in [5.41, 5.74) is -2.35. The van der Waals surface area contributed by atoms with Crippen molar-refractivity contribution in [2.24, 2.45) is 0 Å². The Morgan fingerprint density at radius 2 is 1.77 bits per heavy atom. The van der Waals surface area contributed by atoms with Crippen LogP contribution in [0.15, 0.2) is 24.3 Å². The fourth-order valence-corrected chi connectivity index (χ4v) is 0.917. The van der Waals surface area contributed by atoms with Crippen LogP contribution in [-0.2, 0) is 43.9 Å². The standard InChI is InChI=1S/C7H7.Mo.H3O2PS2/c1-7-5-3-2-4-6-7;;1-3(2,4)5/h2-5H,1H3;;(H3,1,2,4,5)/q;+3;/p-3. The van der Waals surface area contributed by atoms with Gasteiger partial charge in [0.1, 0.15) is 0 Å². The van der Waals surface area contributed by atoms with Crippen LogP contribution < -0.4 is 13.7 Å². The van der Waals surface area contributed by atoms with Gasteiger partial charge in [-0.15, -0.1) is 0 Å². The summed E-state index contributed by atoms with van der Waals surface area (Å²) in [5, 5.41) is 0. The van der Waals surface area contributed by atoms with Crippen molar-refractivity contribution >= 4 is 33.7 Å². The molecule has 0 bridgehead atoms. The Morgan fingerprint density at radius 1 is 1.38 bits per heavy atom. The largest absolute Gasteiger partial charge is 0.850 e. The third kappa shape index (κ3) is 10.8. The fourth-order valence-electron chi connectivity index (χ4n) is 0.556. The first-order valence-electron chi connectivity index (χ1n) is 3.26.